The first-order chi connectivity index (χ1) is 5.96. The van der Waals surface area contributed by atoms with Crippen LogP contribution in [-0.4, -0.2) is 5.11 Å². The van der Waals surface area contributed by atoms with Crippen LogP contribution in [0.4, 0.5) is 0 Å². The van der Waals surface area contributed by atoms with Crippen LogP contribution < -0.4 is 0 Å². The van der Waals surface area contributed by atoms with Gasteiger partial charge in [0.2, 0.25) is 0 Å². The Balaban J connectivity index is 3.24. The van der Waals surface area contributed by atoms with Crippen molar-refractivity contribution in [2.45, 2.75) is 39.5 Å². The lowest BCUT2D eigenvalue weighted by Crippen LogP contribution is -2.11. The van der Waals surface area contributed by atoms with E-state index in [1.165, 1.54) is 0 Å². The maximum absolute atomic E-state index is 9.92. The van der Waals surface area contributed by atoms with Gasteiger partial charge in [0, 0.05) is 0 Å². The van der Waals surface area contributed by atoms with Crippen molar-refractivity contribution in [2.24, 2.45) is 0 Å². The predicted octanol–water partition coefficient (Wildman–Crippen LogP) is 3.25. The zero-order valence-electron chi connectivity index (χ0n) is 8.89. The zero-order valence-corrected chi connectivity index (χ0v) is 8.89. The number of para-hydroxylation sites is 1. The first-order valence-electron chi connectivity index (χ1n) is 4.78. The Morgan fingerprint density at radius 2 is 1.85 bits per heavy atom. The minimum Gasteiger partial charge on any atom is -0.507 e. The molecule has 0 aliphatic carbocycles. The number of phenolic OH excluding ortho intramolecular Hbond substituents is 1. The van der Waals surface area contributed by atoms with Crippen molar-refractivity contribution in [3.05, 3.63) is 29.3 Å². The average molecular weight is 178 g/mol. The molecule has 0 saturated carbocycles. The van der Waals surface area contributed by atoms with Gasteiger partial charge < -0.3 is 5.11 Å². The molecule has 0 heterocycles. The van der Waals surface area contributed by atoms with Crippen molar-refractivity contribution in [3.8, 4) is 5.75 Å². The Morgan fingerprint density at radius 1 is 1.23 bits per heavy atom. The van der Waals surface area contributed by atoms with Crippen molar-refractivity contribution in [1.29, 1.82) is 0 Å². The largest absolute Gasteiger partial charge is 0.507 e. The third-order valence-corrected chi connectivity index (χ3v) is 2.31. The molecule has 13 heavy (non-hydrogen) atoms. The predicted molar refractivity (Wildman–Crippen MR) is 56.2 cm³/mol. The number of phenols is 1. The van der Waals surface area contributed by atoms with Gasteiger partial charge >= 0.3 is 0 Å². The molecule has 0 bridgehead atoms. The first kappa shape index (κ1) is 10.1. The average Bonchev–Trinajstić information content (AvgIpc) is 2.02. The fourth-order valence-corrected chi connectivity index (χ4v) is 1.48. The highest BCUT2D eigenvalue weighted by atomic mass is 16.3. The molecule has 72 valence electrons. The maximum atomic E-state index is 9.92. The smallest absolute Gasteiger partial charge is 0.122 e. The summed E-state index contributed by atoms with van der Waals surface area (Å²) in [6, 6.07) is 5.98. The van der Waals surface area contributed by atoms with Gasteiger partial charge in [-0.1, -0.05) is 45.9 Å². The lowest BCUT2D eigenvalue weighted by atomic mass is 9.85. The van der Waals surface area contributed by atoms with Crippen molar-refractivity contribution < 1.29 is 5.11 Å². The molecule has 0 unspecified atom stereocenters. The summed E-state index contributed by atoms with van der Waals surface area (Å²) in [5.74, 6) is 0.470. The van der Waals surface area contributed by atoms with Crippen molar-refractivity contribution >= 4 is 0 Å². The van der Waals surface area contributed by atoms with Crippen molar-refractivity contribution in [2.75, 3.05) is 0 Å². The maximum Gasteiger partial charge on any atom is 0.122 e. The molecular weight excluding hydrogens is 160 g/mol. The van der Waals surface area contributed by atoms with E-state index in [1.54, 1.807) is 0 Å². The van der Waals surface area contributed by atoms with Crippen LogP contribution >= 0.6 is 0 Å². The van der Waals surface area contributed by atoms with Gasteiger partial charge in [-0.15, -0.1) is 0 Å². The summed E-state index contributed by atoms with van der Waals surface area (Å²) in [4.78, 5) is 0. The Kier molecular flexibility index (Phi) is 2.65. The van der Waals surface area contributed by atoms with Crippen molar-refractivity contribution in [1.82, 2.24) is 0 Å². The number of aromatic hydroxyl groups is 1. The van der Waals surface area contributed by atoms with Gasteiger partial charge in [-0.3, -0.25) is 0 Å². The lowest BCUT2D eigenvalue weighted by molar-refractivity contribution is 0.441. The standard InChI is InChI=1S/C12H18O/c1-5-9-7-6-8-10(11(9)13)12(2,3)4/h6-8,13H,5H2,1-4H3. The fourth-order valence-electron chi connectivity index (χ4n) is 1.48. The summed E-state index contributed by atoms with van der Waals surface area (Å²) in [6.45, 7) is 8.39. The Morgan fingerprint density at radius 3 is 2.31 bits per heavy atom. The highest BCUT2D eigenvalue weighted by Gasteiger charge is 2.18. The molecule has 0 amide bonds. The molecule has 1 N–H and O–H groups in total. The highest BCUT2D eigenvalue weighted by Crippen LogP contribution is 2.32. The number of rotatable bonds is 1. The molecule has 0 aromatic heterocycles. The summed E-state index contributed by atoms with van der Waals surface area (Å²) in [7, 11) is 0. The minimum atomic E-state index is 0.0231. The minimum absolute atomic E-state index is 0.0231. The second kappa shape index (κ2) is 3.41. The molecule has 0 fully saturated rings. The molecule has 0 aliphatic heterocycles. The van der Waals surface area contributed by atoms with Crippen LogP contribution in [0.2, 0.25) is 0 Å². The Hall–Kier alpha value is -0.980. The number of benzene rings is 1. The third-order valence-electron chi connectivity index (χ3n) is 2.31. The molecule has 1 nitrogen and oxygen atoms in total. The van der Waals surface area contributed by atoms with Crippen LogP contribution in [0.5, 0.6) is 5.75 Å². The topological polar surface area (TPSA) is 20.2 Å². The van der Waals surface area contributed by atoms with E-state index in [-0.39, 0.29) is 5.41 Å². The highest BCUT2D eigenvalue weighted by molar-refractivity contribution is 5.43. The third kappa shape index (κ3) is 2.03. The van der Waals surface area contributed by atoms with Crippen LogP contribution in [-0.2, 0) is 11.8 Å². The summed E-state index contributed by atoms with van der Waals surface area (Å²) < 4.78 is 0. The molecule has 1 rings (SSSR count). The van der Waals surface area contributed by atoms with E-state index in [1.807, 2.05) is 18.2 Å². The molecule has 1 heteroatoms. The molecule has 0 radical (unpaired) electrons. The van der Waals surface area contributed by atoms with Gasteiger partial charge in [-0.2, -0.15) is 0 Å². The summed E-state index contributed by atoms with van der Waals surface area (Å²) >= 11 is 0. The van der Waals surface area contributed by atoms with Crippen LogP contribution in [0.1, 0.15) is 38.8 Å². The number of hydrogen-bond donors (Lipinski definition) is 1. The molecule has 1 aromatic carbocycles. The number of hydrogen-bond acceptors (Lipinski definition) is 1. The monoisotopic (exact) mass is 178 g/mol. The summed E-state index contributed by atoms with van der Waals surface area (Å²) in [6.07, 6.45) is 0.885. The molecule has 0 aliphatic rings. The first-order valence-corrected chi connectivity index (χ1v) is 4.78. The SMILES string of the molecule is CCc1cccc(C(C)(C)C)c1O. The summed E-state index contributed by atoms with van der Waals surface area (Å²) in [5.41, 5.74) is 2.09. The normalized spacial score (nSPS) is 11.7. The second-order valence-electron chi connectivity index (χ2n) is 4.42. The van der Waals surface area contributed by atoms with Gasteiger partial charge in [0.25, 0.3) is 0 Å². The van der Waals surface area contributed by atoms with E-state index in [0.717, 1.165) is 17.5 Å². The van der Waals surface area contributed by atoms with Gasteiger partial charge in [0.15, 0.2) is 0 Å². The molecule has 0 saturated heterocycles. The Labute approximate surface area is 80.4 Å². The van der Waals surface area contributed by atoms with Gasteiger partial charge in [0.05, 0.1) is 0 Å². The zero-order chi connectivity index (χ0) is 10.1. The van der Waals surface area contributed by atoms with Crippen LogP contribution in [0.25, 0.3) is 0 Å². The van der Waals surface area contributed by atoms with Gasteiger partial charge in [-0.05, 0) is 23.0 Å². The van der Waals surface area contributed by atoms with E-state index in [4.69, 9.17) is 0 Å². The van der Waals surface area contributed by atoms with E-state index >= 15 is 0 Å². The van der Waals surface area contributed by atoms with E-state index in [9.17, 15) is 5.11 Å². The van der Waals surface area contributed by atoms with Crippen molar-refractivity contribution in [3.63, 3.8) is 0 Å². The second-order valence-corrected chi connectivity index (χ2v) is 4.42. The molecule has 1 aromatic rings. The summed E-state index contributed by atoms with van der Waals surface area (Å²) in [5, 5.41) is 9.92. The molecular formula is C12H18O. The number of aryl methyl sites for hydroxylation is 1. The van der Waals surface area contributed by atoms with Gasteiger partial charge in [-0.25, -0.2) is 0 Å². The lowest BCUT2D eigenvalue weighted by Gasteiger charge is -2.21. The van der Waals surface area contributed by atoms with Gasteiger partial charge in [0.1, 0.15) is 5.75 Å². The van der Waals surface area contributed by atoms with E-state index in [0.29, 0.717) is 5.75 Å². The molecule has 0 spiro atoms. The fraction of sp³-hybridized carbons (Fsp3) is 0.500. The van der Waals surface area contributed by atoms with E-state index < -0.39 is 0 Å². The quantitative estimate of drug-likeness (QED) is 0.700. The van der Waals surface area contributed by atoms with Crippen LogP contribution in [0.15, 0.2) is 18.2 Å². The van der Waals surface area contributed by atoms with E-state index in [2.05, 4.69) is 27.7 Å². The van der Waals surface area contributed by atoms with Crippen LogP contribution in [0, 0.1) is 0 Å². The molecule has 0 atom stereocenters. The Bertz CT molecular complexity index is 294. The van der Waals surface area contributed by atoms with Crippen LogP contribution in [0.3, 0.4) is 0 Å².